The van der Waals surface area contributed by atoms with Gasteiger partial charge in [-0.25, -0.2) is 0 Å². The van der Waals surface area contributed by atoms with E-state index in [9.17, 15) is 4.79 Å². The molecule has 1 fully saturated rings. The van der Waals surface area contributed by atoms with Crippen molar-refractivity contribution in [1.82, 2.24) is 10.1 Å². The van der Waals surface area contributed by atoms with Crippen molar-refractivity contribution in [2.24, 2.45) is 0 Å². The molecule has 2 aromatic carbocycles. The fourth-order valence-corrected chi connectivity index (χ4v) is 3.03. The fourth-order valence-electron chi connectivity index (χ4n) is 2.90. The van der Waals surface area contributed by atoms with Gasteiger partial charge in [0, 0.05) is 23.0 Å². The van der Waals surface area contributed by atoms with E-state index in [1.54, 1.807) is 0 Å². The number of hydrogen-bond acceptors (Lipinski definition) is 3. The summed E-state index contributed by atoms with van der Waals surface area (Å²) in [5.41, 5.74) is 2.51. The lowest BCUT2D eigenvalue weighted by molar-refractivity contribution is -0.131. The minimum Gasteiger partial charge on any atom is -0.356 e. The van der Waals surface area contributed by atoms with Crippen LogP contribution in [-0.4, -0.2) is 22.0 Å². The lowest BCUT2D eigenvalue weighted by Gasteiger charge is -2.22. The number of aromatic nitrogens is 1. The molecule has 0 unspecified atom stereocenters. The van der Waals surface area contributed by atoms with Gasteiger partial charge in [0.25, 0.3) is 0 Å². The van der Waals surface area contributed by atoms with Crippen molar-refractivity contribution in [2.45, 2.75) is 31.8 Å². The first kappa shape index (κ1) is 15.2. The molecule has 5 heteroatoms. The van der Waals surface area contributed by atoms with E-state index >= 15 is 0 Å². The van der Waals surface area contributed by atoms with Gasteiger partial charge in [-0.3, -0.25) is 4.79 Å². The number of benzene rings is 2. The first-order valence-electron chi connectivity index (χ1n) is 8.08. The maximum absolute atomic E-state index is 12.8. The number of amides is 1. The van der Waals surface area contributed by atoms with Crippen LogP contribution in [0.4, 0.5) is 0 Å². The van der Waals surface area contributed by atoms with Crippen molar-refractivity contribution in [2.75, 3.05) is 0 Å². The third kappa shape index (κ3) is 3.15. The number of carbonyl (C=O) groups excluding carboxylic acids is 1. The van der Waals surface area contributed by atoms with Gasteiger partial charge in [-0.05, 0) is 42.7 Å². The second-order valence-corrected chi connectivity index (χ2v) is 6.62. The molecule has 3 aromatic rings. The lowest BCUT2D eigenvalue weighted by atomic mass is 10.1. The first-order valence-corrected chi connectivity index (χ1v) is 8.46. The van der Waals surface area contributed by atoms with Crippen LogP contribution in [0.2, 0.25) is 5.02 Å². The van der Waals surface area contributed by atoms with Gasteiger partial charge in [-0.15, -0.1) is 0 Å². The Morgan fingerprint density at radius 3 is 2.67 bits per heavy atom. The van der Waals surface area contributed by atoms with Crippen LogP contribution in [0.25, 0.3) is 11.0 Å². The molecule has 0 atom stereocenters. The van der Waals surface area contributed by atoms with Gasteiger partial charge >= 0.3 is 0 Å². The van der Waals surface area contributed by atoms with Crippen molar-refractivity contribution in [3.05, 3.63) is 64.8 Å². The van der Waals surface area contributed by atoms with E-state index in [2.05, 4.69) is 5.16 Å². The summed E-state index contributed by atoms with van der Waals surface area (Å²) >= 11 is 5.94. The Balaban J connectivity index is 1.53. The summed E-state index contributed by atoms with van der Waals surface area (Å²) in [5.74, 6) is 0.0894. The summed E-state index contributed by atoms with van der Waals surface area (Å²) in [6.07, 6.45) is 2.40. The zero-order valence-corrected chi connectivity index (χ0v) is 13.9. The molecular formula is C19H17ClN2O2. The number of rotatable bonds is 5. The Morgan fingerprint density at radius 1 is 1.17 bits per heavy atom. The number of para-hydroxylation sites is 1. The second kappa shape index (κ2) is 6.29. The Morgan fingerprint density at radius 2 is 1.92 bits per heavy atom. The standard InChI is InChI=1S/C19H17ClN2O2/c20-14-7-5-13(6-8-14)12-22(15-9-10-15)19(23)11-17-16-3-1-2-4-18(16)24-21-17/h1-8,15H,9-12H2. The lowest BCUT2D eigenvalue weighted by Crippen LogP contribution is -2.33. The van der Waals surface area contributed by atoms with Gasteiger partial charge in [0.1, 0.15) is 5.69 Å². The molecule has 0 saturated heterocycles. The summed E-state index contributed by atoms with van der Waals surface area (Å²) < 4.78 is 5.30. The number of fused-ring (bicyclic) bond motifs is 1. The maximum Gasteiger partial charge on any atom is 0.229 e. The van der Waals surface area contributed by atoms with Crippen LogP contribution >= 0.6 is 11.6 Å². The predicted molar refractivity (Wildman–Crippen MR) is 92.7 cm³/mol. The van der Waals surface area contributed by atoms with Crippen LogP contribution in [-0.2, 0) is 17.8 Å². The van der Waals surface area contributed by atoms with Gasteiger partial charge in [0.15, 0.2) is 5.58 Å². The van der Waals surface area contributed by atoms with Crippen molar-refractivity contribution in [3.63, 3.8) is 0 Å². The van der Waals surface area contributed by atoms with Gasteiger partial charge in [0.05, 0.1) is 6.42 Å². The van der Waals surface area contributed by atoms with E-state index in [0.29, 0.717) is 23.3 Å². The summed E-state index contributed by atoms with van der Waals surface area (Å²) in [6, 6.07) is 15.6. The molecule has 1 aromatic heterocycles. The molecule has 4 nitrogen and oxygen atoms in total. The predicted octanol–water partition coefficient (Wildman–Crippen LogP) is 4.21. The molecule has 1 aliphatic carbocycles. The van der Waals surface area contributed by atoms with Gasteiger partial charge in [-0.2, -0.15) is 0 Å². The minimum atomic E-state index is 0.0894. The van der Waals surface area contributed by atoms with Gasteiger partial charge in [-0.1, -0.05) is 41.0 Å². The monoisotopic (exact) mass is 340 g/mol. The molecule has 0 spiro atoms. The average molecular weight is 341 g/mol. The number of halogens is 1. The number of nitrogens with zero attached hydrogens (tertiary/aromatic N) is 2. The van der Waals surface area contributed by atoms with Crippen LogP contribution in [0, 0.1) is 0 Å². The normalized spacial score (nSPS) is 14.0. The van der Waals surface area contributed by atoms with E-state index in [1.165, 1.54) is 0 Å². The van der Waals surface area contributed by atoms with Crippen LogP contribution < -0.4 is 0 Å². The minimum absolute atomic E-state index is 0.0894. The maximum atomic E-state index is 12.8. The Bertz CT molecular complexity index is 868. The Labute approximate surface area is 145 Å². The topological polar surface area (TPSA) is 46.3 Å². The highest BCUT2D eigenvalue weighted by molar-refractivity contribution is 6.30. The molecule has 1 heterocycles. The molecule has 24 heavy (non-hydrogen) atoms. The number of hydrogen-bond donors (Lipinski definition) is 0. The van der Waals surface area contributed by atoms with Crippen molar-refractivity contribution >= 4 is 28.5 Å². The second-order valence-electron chi connectivity index (χ2n) is 6.18. The van der Waals surface area contributed by atoms with Crippen molar-refractivity contribution in [3.8, 4) is 0 Å². The highest BCUT2D eigenvalue weighted by Gasteiger charge is 2.33. The third-order valence-electron chi connectivity index (χ3n) is 4.34. The van der Waals surface area contributed by atoms with Gasteiger partial charge < -0.3 is 9.42 Å². The summed E-state index contributed by atoms with van der Waals surface area (Å²) in [7, 11) is 0. The molecule has 0 N–H and O–H groups in total. The molecule has 1 saturated carbocycles. The van der Waals surface area contributed by atoms with E-state index in [0.717, 1.165) is 29.4 Å². The molecule has 1 aliphatic rings. The molecule has 4 rings (SSSR count). The molecule has 0 radical (unpaired) electrons. The zero-order chi connectivity index (χ0) is 16.5. The van der Waals surface area contributed by atoms with Crippen LogP contribution in [0.15, 0.2) is 53.1 Å². The quantitative estimate of drug-likeness (QED) is 0.698. The summed E-state index contributed by atoms with van der Waals surface area (Å²) in [4.78, 5) is 14.8. The highest BCUT2D eigenvalue weighted by Crippen LogP contribution is 2.30. The number of carbonyl (C=O) groups is 1. The van der Waals surface area contributed by atoms with Crippen molar-refractivity contribution < 1.29 is 9.32 Å². The van der Waals surface area contributed by atoms with Crippen LogP contribution in [0.5, 0.6) is 0 Å². The smallest absolute Gasteiger partial charge is 0.229 e. The molecule has 0 bridgehead atoms. The molecule has 122 valence electrons. The Kier molecular flexibility index (Phi) is 3.98. The Hall–Kier alpha value is -2.33. The molecule has 1 amide bonds. The highest BCUT2D eigenvalue weighted by atomic mass is 35.5. The van der Waals surface area contributed by atoms with Crippen LogP contribution in [0.1, 0.15) is 24.1 Å². The fraction of sp³-hybridized carbons (Fsp3) is 0.263. The first-order chi connectivity index (χ1) is 11.7. The van der Waals surface area contributed by atoms with Crippen LogP contribution in [0.3, 0.4) is 0 Å². The molecular weight excluding hydrogens is 324 g/mol. The van der Waals surface area contributed by atoms with E-state index < -0.39 is 0 Å². The van der Waals surface area contributed by atoms with Gasteiger partial charge in [0.2, 0.25) is 5.91 Å². The summed E-state index contributed by atoms with van der Waals surface area (Å²) in [5, 5.41) is 5.69. The zero-order valence-electron chi connectivity index (χ0n) is 13.1. The van der Waals surface area contributed by atoms with E-state index in [-0.39, 0.29) is 12.3 Å². The third-order valence-corrected chi connectivity index (χ3v) is 4.60. The largest absolute Gasteiger partial charge is 0.356 e. The molecule has 0 aliphatic heterocycles. The van der Waals surface area contributed by atoms with Crippen molar-refractivity contribution in [1.29, 1.82) is 0 Å². The van der Waals surface area contributed by atoms with E-state index in [4.69, 9.17) is 16.1 Å². The average Bonchev–Trinajstić information content (AvgIpc) is 3.36. The summed E-state index contributed by atoms with van der Waals surface area (Å²) in [6.45, 7) is 0.608. The van der Waals surface area contributed by atoms with E-state index in [1.807, 2.05) is 53.4 Å². The SMILES string of the molecule is O=C(Cc1noc2ccccc12)N(Cc1ccc(Cl)cc1)C1CC1.